The maximum absolute atomic E-state index is 13.7. The van der Waals surface area contributed by atoms with Gasteiger partial charge in [0.15, 0.2) is 11.6 Å². The van der Waals surface area contributed by atoms with Crippen molar-refractivity contribution < 1.29 is 62.0 Å². The molecule has 0 aliphatic rings. The second-order valence-electron chi connectivity index (χ2n) is 19.1. The average molecular weight is 976 g/mol. The molecule has 0 unspecified atom stereocenters. The number of primary amides is 1. The Morgan fingerprint density at radius 1 is 0.623 bits per heavy atom. The number of Topliss-reactive ketones (excluding diaryl/α,β-unsaturated/α-hetero) is 4. The van der Waals surface area contributed by atoms with Crippen molar-refractivity contribution in [2.75, 3.05) is 71.8 Å². The van der Waals surface area contributed by atoms with Crippen LogP contribution in [0.1, 0.15) is 120 Å². The highest BCUT2D eigenvalue weighted by Crippen LogP contribution is 2.25. The monoisotopic (exact) mass is 976 g/mol. The van der Waals surface area contributed by atoms with Crippen LogP contribution in [0.5, 0.6) is 0 Å². The summed E-state index contributed by atoms with van der Waals surface area (Å²) >= 11 is 0. The van der Waals surface area contributed by atoms with Crippen molar-refractivity contribution >= 4 is 52.8 Å². The fourth-order valence-electron chi connectivity index (χ4n) is 7.44. The minimum absolute atomic E-state index is 0.0124. The highest BCUT2D eigenvalue weighted by Gasteiger charge is 2.35. The summed E-state index contributed by atoms with van der Waals surface area (Å²) in [5, 5.41) is 8.15. The summed E-state index contributed by atoms with van der Waals surface area (Å²) in [4.78, 5) is 104. The molecule has 69 heavy (non-hydrogen) atoms. The number of ketones is 4. The molecular weight excluding hydrogens is 891 g/mol. The third-order valence-electron chi connectivity index (χ3n) is 11.5. The van der Waals surface area contributed by atoms with Crippen LogP contribution in [0.15, 0.2) is 24.3 Å². The molecule has 0 bridgehead atoms. The van der Waals surface area contributed by atoms with Crippen molar-refractivity contribution in [3.05, 3.63) is 29.8 Å². The van der Waals surface area contributed by atoms with Crippen LogP contribution < -0.4 is 21.7 Å². The first kappa shape index (κ1) is 62.2. The van der Waals surface area contributed by atoms with E-state index in [4.69, 9.17) is 29.4 Å². The molecule has 0 aliphatic carbocycles. The number of benzene rings is 1. The summed E-state index contributed by atoms with van der Waals surface area (Å²) < 4.78 is 27.6. The molecule has 1 rings (SSSR count). The lowest BCUT2D eigenvalue weighted by atomic mass is 9.80. The molecule has 0 aromatic heterocycles. The molecule has 0 spiro atoms. The molecule has 1 aromatic rings. The Labute approximate surface area is 410 Å². The number of ether oxygens (including phenoxy) is 5. The van der Waals surface area contributed by atoms with Crippen molar-refractivity contribution in [1.29, 1.82) is 0 Å². The van der Waals surface area contributed by atoms with Crippen molar-refractivity contribution in [2.24, 2.45) is 47.2 Å². The van der Waals surface area contributed by atoms with Gasteiger partial charge in [-0.3, -0.25) is 28.8 Å². The predicted molar refractivity (Wildman–Crippen MR) is 263 cm³/mol. The number of hydrogen-bond donors (Lipinski definition) is 4. The van der Waals surface area contributed by atoms with Gasteiger partial charge < -0.3 is 50.3 Å². The zero-order valence-electron chi connectivity index (χ0n) is 43.4. The smallest absolute Gasteiger partial charge is 0.410 e. The minimum Gasteiger partial charge on any atom is -0.445 e. The van der Waals surface area contributed by atoms with Gasteiger partial charge in [-0.25, -0.2) is 9.59 Å². The Hall–Kier alpha value is -4.78. The molecule has 0 heterocycles. The van der Waals surface area contributed by atoms with Gasteiger partial charge in [0.2, 0.25) is 11.8 Å². The summed E-state index contributed by atoms with van der Waals surface area (Å²) in [5.41, 5.74) is 6.27. The Kier molecular flexibility index (Phi) is 31.1. The van der Waals surface area contributed by atoms with Crippen LogP contribution in [0.3, 0.4) is 0 Å². The van der Waals surface area contributed by atoms with Crippen molar-refractivity contribution in [2.45, 2.75) is 133 Å². The normalized spacial score (nSPS) is 13.3. The molecule has 1 aromatic carbocycles. The lowest BCUT2D eigenvalue weighted by Crippen LogP contribution is -2.47. The maximum atomic E-state index is 13.7. The highest BCUT2D eigenvalue weighted by molar-refractivity contribution is 5.97. The van der Waals surface area contributed by atoms with Gasteiger partial charge in [-0.1, -0.05) is 81.4 Å². The number of urea groups is 1. The van der Waals surface area contributed by atoms with Gasteiger partial charge in [0.25, 0.3) is 0 Å². The molecule has 0 fully saturated rings. The topological polar surface area (TPSA) is 248 Å². The van der Waals surface area contributed by atoms with E-state index in [0.29, 0.717) is 70.2 Å². The van der Waals surface area contributed by atoms with Crippen LogP contribution in [0, 0.1) is 41.4 Å². The van der Waals surface area contributed by atoms with E-state index in [2.05, 4.69) is 16.0 Å². The number of carbonyl (C=O) groups excluding carboxylic acids is 8. The van der Waals surface area contributed by atoms with E-state index < -0.39 is 42.0 Å². The first-order valence-electron chi connectivity index (χ1n) is 24.6. The third-order valence-corrected chi connectivity index (χ3v) is 11.5. The molecular formula is C51H85N5O13. The van der Waals surface area contributed by atoms with Gasteiger partial charge in [0.05, 0.1) is 58.3 Å². The fourth-order valence-corrected chi connectivity index (χ4v) is 7.44. The summed E-state index contributed by atoms with van der Waals surface area (Å²) in [6, 6.07) is 4.27. The second-order valence-corrected chi connectivity index (χ2v) is 19.1. The zero-order chi connectivity index (χ0) is 52.1. The molecule has 392 valence electrons. The molecule has 0 saturated heterocycles. The van der Waals surface area contributed by atoms with Gasteiger partial charge in [-0.05, 0) is 54.7 Å². The molecule has 5 N–H and O–H groups in total. The standard InChI is InChI=1S/C51H85N5O13/c1-33(2)41(48(61)37(9)10)31-44(59)47(36(7)8)56(11)51(64)69-32-38-16-18-40(19-17-38)54-49(62)39(14-12-21-53-50(52)63)30-43(58)46(35(5)6)55-45(60)20-23-66-25-27-68-29-28-67-26-24-65-22-13-15-42(57)34(3)4/h16-19,33-37,39,41,46-47H,12-15,20-32H2,1-11H3,(H,54,62)(H,55,60)(H3,52,53,63)/t39-,41+,46+,47+/m1/s1. The maximum Gasteiger partial charge on any atom is 0.410 e. The lowest BCUT2D eigenvalue weighted by Gasteiger charge is -2.31. The summed E-state index contributed by atoms with van der Waals surface area (Å²) in [5.74, 6) is -3.04. The minimum atomic E-state index is -0.861. The van der Waals surface area contributed by atoms with Crippen molar-refractivity contribution in [1.82, 2.24) is 15.5 Å². The first-order valence-corrected chi connectivity index (χ1v) is 24.6. The van der Waals surface area contributed by atoms with Crippen LogP contribution in [0.2, 0.25) is 0 Å². The van der Waals surface area contributed by atoms with Crippen molar-refractivity contribution in [3.8, 4) is 0 Å². The number of carbonyl (C=O) groups is 8. The number of nitrogens with one attached hydrogen (secondary N) is 3. The first-order chi connectivity index (χ1) is 32.6. The molecule has 0 saturated carbocycles. The van der Waals surface area contributed by atoms with E-state index in [-0.39, 0.29) is 111 Å². The molecule has 0 aliphatic heterocycles. The van der Waals surface area contributed by atoms with Gasteiger partial charge in [-0.15, -0.1) is 0 Å². The van der Waals surface area contributed by atoms with E-state index in [1.807, 2.05) is 55.4 Å². The fraction of sp³-hybridized carbons (Fsp3) is 0.725. The second kappa shape index (κ2) is 34.5. The van der Waals surface area contributed by atoms with Gasteiger partial charge in [0.1, 0.15) is 18.2 Å². The van der Waals surface area contributed by atoms with Crippen molar-refractivity contribution in [3.63, 3.8) is 0 Å². The number of nitrogens with zero attached hydrogens (tertiary/aromatic N) is 1. The summed E-state index contributed by atoms with van der Waals surface area (Å²) in [6.07, 6.45) is 0.988. The largest absolute Gasteiger partial charge is 0.445 e. The summed E-state index contributed by atoms with van der Waals surface area (Å²) in [6.45, 7) is 21.4. The number of nitrogens with two attached hydrogens (primary N) is 1. The van der Waals surface area contributed by atoms with Crippen LogP contribution in [-0.2, 0) is 59.1 Å². The molecule has 5 amide bonds. The van der Waals surface area contributed by atoms with Gasteiger partial charge in [0, 0.05) is 75.2 Å². The average Bonchev–Trinajstić information content (AvgIpc) is 3.28. The quantitative estimate of drug-likeness (QED) is 0.0532. The van der Waals surface area contributed by atoms with Crippen LogP contribution >= 0.6 is 0 Å². The third kappa shape index (κ3) is 26.1. The van der Waals surface area contributed by atoms with Crippen LogP contribution in [-0.4, -0.2) is 131 Å². The van der Waals surface area contributed by atoms with Gasteiger partial charge in [-0.2, -0.15) is 0 Å². The van der Waals surface area contributed by atoms with E-state index in [1.165, 1.54) is 11.9 Å². The Bertz CT molecular complexity index is 1730. The Morgan fingerprint density at radius 3 is 1.70 bits per heavy atom. The number of anilines is 1. The Balaban J connectivity index is 2.70. The molecule has 4 atom stereocenters. The number of amides is 5. The van der Waals surface area contributed by atoms with E-state index in [9.17, 15) is 38.4 Å². The van der Waals surface area contributed by atoms with E-state index >= 15 is 0 Å². The number of rotatable bonds is 38. The van der Waals surface area contributed by atoms with Gasteiger partial charge >= 0.3 is 12.1 Å². The SMILES string of the molecule is CC(C)C(=O)CCCOCCOCCOCCOCCC(=O)N[C@H](C(=O)C[C@@H](CCCNC(N)=O)C(=O)Nc1ccc(COC(=O)N(C)[C@H](C(=O)C[C@H](C(=O)C(C)C)C(C)C)C(C)C)cc1)C(C)C. The van der Waals surface area contributed by atoms with Crippen LogP contribution in [0.25, 0.3) is 0 Å². The Morgan fingerprint density at radius 2 is 1.19 bits per heavy atom. The van der Waals surface area contributed by atoms with E-state index in [0.717, 1.165) is 0 Å². The molecule has 0 radical (unpaired) electrons. The number of likely N-dealkylation sites (N-methyl/N-ethyl adjacent to an activating group) is 1. The highest BCUT2D eigenvalue weighted by atomic mass is 16.6. The molecule has 18 nitrogen and oxygen atoms in total. The van der Waals surface area contributed by atoms with E-state index in [1.54, 1.807) is 38.1 Å². The summed E-state index contributed by atoms with van der Waals surface area (Å²) in [7, 11) is 1.51. The lowest BCUT2D eigenvalue weighted by molar-refractivity contribution is -0.133. The van der Waals surface area contributed by atoms with Crippen LogP contribution in [0.4, 0.5) is 15.3 Å². The molecule has 18 heteroatoms. The predicted octanol–water partition coefficient (Wildman–Crippen LogP) is 6.30. The number of hydrogen-bond acceptors (Lipinski definition) is 13. The zero-order valence-corrected chi connectivity index (χ0v) is 43.4.